The molecule has 20 heavy (non-hydrogen) atoms. The van der Waals surface area contributed by atoms with Crippen molar-refractivity contribution in [3.05, 3.63) is 29.6 Å². The van der Waals surface area contributed by atoms with Gasteiger partial charge < -0.3 is 0 Å². The van der Waals surface area contributed by atoms with Crippen molar-refractivity contribution < 1.29 is 18.8 Å². The van der Waals surface area contributed by atoms with E-state index in [1.165, 1.54) is 12.1 Å². The Balaban J connectivity index is 2.38. The highest BCUT2D eigenvalue weighted by Crippen LogP contribution is 2.24. The van der Waals surface area contributed by atoms with Crippen LogP contribution in [-0.2, 0) is 9.59 Å². The molecule has 1 aliphatic rings. The summed E-state index contributed by atoms with van der Waals surface area (Å²) in [6.45, 7) is 3.42. The van der Waals surface area contributed by atoms with Gasteiger partial charge in [0.05, 0.1) is 5.69 Å². The first-order chi connectivity index (χ1) is 9.45. The fourth-order valence-electron chi connectivity index (χ4n) is 2.13. The van der Waals surface area contributed by atoms with Gasteiger partial charge >= 0.3 is 6.03 Å². The second-order valence-electron chi connectivity index (χ2n) is 4.74. The standard InChI is InChI=1S/C14H15FN2O3/c1-3-4-10-12(18)16-14(20)17(13(10)19)9-6-5-8(2)11(15)7-9/h5-7,10H,3-4H2,1-2H3,(H,16,18,20). The van der Waals surface area contributed by atoms with Gasteiger partial charge in [0.15, 0.2) is 0 Å². The number of amides is 4. The molecule has 6 heteroatoms. The van der Waals surface area contributed by atoms with Crippen molar-refractivity contribution in [1.29, 1.82) is 0 Å². The van der Waals surface area contributed by atoms with Crippen LogP contribution in [0.1, 0.15) is 25.3 Å². The third-order valence-corrected chi connectivity index (χ3v) is 3.26. The van der Waals surface area contributed by atoms with Gasteiger partial charge in [0, 0.05) is 0 Å². The molecule has 0 spiro atoms. The number of imide groups is 2. The van der Waals surface area contributed by atoms with Crippen LogP contribution >= 0.6 is 0 Å². The van der Waals surface area contributed by atoms with E-state index in [2.05, 4.69) is 5.32 Å². The third kappa shape index (κ3) is 2.41. The average Bonchev–Trinajstić information content (AvgIpc) is 2.38. The Labute approximate surface area is 115 Å². The smallest absolute Gasteiger partial charge is 0.277 e. The number of urea groups is 1. The highest BCUT2D eigenvalue weighted by molar-refractivity contribution is 6.27. The van der Waals surface area contributed by atoms with Gasteiger partial charge in [-0.1, -0.05) is 19.4 Å². The van der Waals surface area contributed by atoms with Crippen molar-refractivity contribution >= 4 is 23.5 Å². The van der Waals surface area contributed by atoms with Crippen molar-refractivity contribution in [1.82, 2.24) is 5.32 Å². The number of anilines is 1. The number of carbonyl (C=O) groups excluding carboxylic acids is 3. The number of nitrogens with zero attached hydrogens (tertiary/aromatic N) is 1. The van der Waals surface area contributed by atoms with Gasteiger partial charge in [-0.15, -0.1) is 0 Å². The molecule has 1 N–H and O–H groups in total. The van der Waals surface area contributed by atoms with E-state index < -0.39 is 29.6 Å². The molecule has 1 aromatic rings. The molecule has 1 aliphatic heterocycles. The normalized spacial score (nSPS) is 19.2. The number of rotatable bonds is 3. The zero-order chi connectivity index (χ0) is 14.9. The Morgan fingerprint density at radius 1 is 1.30 bits per heavy atom. The number of hydrogen-bond donors (Lipinski definition) is 1. The molecule has 1 heterocycles. The number of barbiturate groups is 1. The molecule has 1 unspecified atom stereocenters. The van der Waals surface area contributed by atoms with E-state index in [9.17, 15) is 18.8 Å². The molecule has 1 saturated heterocycles. The van der Waals surface area contributed by atoms with E-state index in [0.29, 0.717) is 18.4 Å². The summed E-state index contributed by atoms with van der Waals surface area (Å²) in [4.78, 5) is 36.5. The van der Waals surface area contributed by atoms with Crippen LogP contribution in [-0.4, -0.2) is 17.8 Å². The summed E-state index contributed by atoms with van der Waals surface area (Å²) < 4.78 is 13.6. The average molecular weight is 278 g/mol. The first kappa shape index (κ1) is 14.2. The summed E-state index contributed by atoms with van der Waals surface area (Å²) in [7, 11) is 0. The lowest BCUT2D eigenvalue weighted by molar-refractivity contribution is -0.134. The minimum atomic E-state index is -0.901. The van der Waals surface area contributed by atoms with Crippen LogP contribution in [0.25, 0.3) is 0 Å². The zero-order valence-corrected chi connectivity index (χ0v) is 11.3. The zero-order valence-electron chi connectivity index (χ0n) is 11.3. The molecule has 2 rings (SSSR count). The van der Waals surface area contributed by atoms with Crippen LogP contribution in [0.3, 0.4) is 0 Å². The van der Waals surface area contributed by atoms with Gasteiger partial charge in [0.25, 0.3) is 0 Å². The van der Waals surface area contributed by atoms with Gasteiger partial charge in [-0.25, -0.2) is 14.1 Å². The van der Waals surface area contributed by atoms with E-state index in [-0.39, 0.29) is 5.69 Å². The monoisotopic (exact) mass is 278 g/mol. The third-order valence-electron chi connectivity index (χ3n) is 3.26. The van der Waals surface area contributed by atoms with Crippen LogP contribution in [0.4, 0.5) is 14.9 Å². The minimum Gasteiger partial charge on any atom is -0.277 e. The number of aryl methyl sites for hydroxylation is 1. The molecule has 0 radical (unpaired) electrons. The molecular weight excluding hydrogens is 263 g/mol. The second kappa shape index (κ2) is 5.40. The van der Waals surface area contributed by atoms with Crippen LogP contribution in [0.5, 0.6) is 0 Å². The molecule has 5 nitrogen and oxygen atoms in total. The summed E-state index contributed by atoms with van der Waals surface area (Å²) in [5.74, 6) is -2.61. The summed E-state index contributed by atoms with van der Waals surface area (Å²) in [5.41, 5.74) is 0.545. The maximum absolute atomic E-state index is 13.6. The van der Waals surface area contributed by atoms with Crippen LogP contribution in [0.15, 0.2) is 18.2 Å². The first-order valence-corrected chi connectivity index (χ1v) is 6.40. The number of benzene rings is 1. The first-order valence-electron chi connectivity index (χ1n) is 6.40. The lowest BCUT2D eigenvalue weighted by atomic mass is 9.99. The lowest BCUT2D eigenvalue weighted by Crippen LogP contribution is -2.58. The molecule has 0 saturated carbocycles. The fourth-order valence-corrected chi connectivity index (χ4v) is 2.13. The summed E-state index contributed by atoms with van der Waals surface area (Å²) in [6.07, 6.45) is 0.983. The highest BCUT2D eigenvalue weighted by Gasteiger charge is 2.40. The second-order valence-corrected chi connectivity index (χ2v) is 4.74. The Bertz CT molecular complexity index is 586. The lowest BCUT2D eigenvalue weighted by Gasteiger charge is -2.30. The van der Waals surface area contributed by atoms with Crippen molar-refractivity contribution in [2.24, 2.45) is 5.92 Å². The largest absolute Gasteiger partial charge is 0.335 e. The van der Waals surface area contributed by atoms with E-state index >= 15 is 0 Å². The molecule has 1 atom stereocenters. The maximum Gasteiger partial charge on any atom is 0.335 e. The highest BCUT2D eigenvalue weighted by atomic mass is 19.1. The fraction of sp³-hybridized carbons (Fsp3) is 0.357. The molecule has 0 aliphatic carbocycles. The topological polar surface area (TPSA) is 66.5 Å². The quantitative estimate of drug-likeness (QED) is 0.861. The van der Waals surface area contributed by atoms with E-state index in [4.69, 9.17) is 0 Å². The Kier molecular flexibility index (Phi) is 3.83. The van der Waals surface area contributed by atoms with E-state index in [0.717, 1.165) is 11.0 Å². The Morgan fingerprint density at radius 3 is 2.60 bits per heavy atom. The number of hydrogen-bond acceptors (Lipinski definition) is 3. The van der Waals surface area contributed by atoms with Crippen LogP contribution in [0.2, 0.25) is 0 Å². The molecular formula is C14H15FN2O3. The van der Waals surface area contributed by atoms with Crippen molar-refractivity contribution in [3.63, 3.8) is 0 Å². The number of nitrogens with one attached hydrogen (secondary N) is 1. The SMILES string of the molecule is CCCC1C(=O)NC(=O)N(c2ccc(C)c(F)c2)C1=O. The Hall–Kier alpha value is -2.24. The summed E-state index contributed by atoms with van der Waals surface area (Å²) in [6, 6.07) is 3.24. The van der Waals surface area contributed by atoms with E-state index in [1.54, 1.807) is 6.92 Å². The number of carbonyl (C=O) groups is 3. The minimum absolute atomic E-state index is 0.129. The molecule has 1 aromatic carbocycles. The van der Waals surface area contributed by atoms with Crippen molar-refractivity contribution in [2.75, 3.05) is 4.90 Å². The van der Waals surface area contributed by atoms with Gasteiger partial charge in [0.2, 0.25) is 11.8 Å². The molecule has 4 amide bonds. The number of halogens is 1. The molecule has 1 fully saturated rings. The van der Waals surface area contributed by atoms with Gasteiger partial charge in [-0.3, -0.25) is 14.9 Å². The molecule has 106 valence electrons. The van der Waals surface area contributed by atoms with E-state index in [1.807, 2.05) is 6.92 Å². The van der Waals surface area contributed by atoms with Gasteiger partial charge in [0.1, 0.15) is 11.7 Å². The summed E-state index contributed by atoms with van der Waals surface area (Å²) >= 11 is 0. The predicted octanol–water partition coefficient (Wildman–Crippen LogP) is 2.13. The van der Waals surface area contributed by atoms with Crippen LogP contribution < -0.4 is 10.2 Å². The van der Waals surface area contributed by atoms with Crippen molar-refractivity contribution in [3.8, 4) is 0 Å². The Morgan fingerprint density at radius 2 is 2.00 bits per heavy atom. The molecule has 0 aromatic heterocycles. The molecule has 0 bridgehead atoms. The maximum atomic E-state index is 13.6. The van der Waals surface area contributed by atoms with Gasteiger partial charge in [-0.05, 0) is 31.0 Å². The van der Waals surface area contributed by atoms with Gasteiger partial charge in [-0.2, -0.15) is 0 Å². The summed E-state index contributed by atoms with van der Waals surface area (Å²) in [5, 5.41) is 2.13. The predicted molar refractivity (Wildman–Crippen MR) is 70.6 cm³/mol. The van der Waals surface area contributed by atoms with Crippen LogP contribution in [0, 0.1) is 18.7 Å². The van der Waals surface area contributed by atoms with Crippen molar-refractivity contribution in [2.45, 2.75) is 26.7 Å².